The summed E-state index contributed by atoms with van der Waals surface area (Å²) in [6.07, 6.45) is 4.16. The van der Waals surface area contributed by atoms with Crippen LogP contribution in [0.4, 0.5) is 0 Å². The van der Waals surface area contributed by atoms with Crippen LogP contribution >= 0.6 is 0 Å². The molecule has 2 aromatic carbocycles. The first-order valence-electron chi connectivity index (χ1n) is 8.47. The summed E-state index contributed by atoms with van der Waals surface area (Å²) in [5, 5.41) is 8.05. The molecule has 3 aromatic rings. The first kappa shape index (κ1) is 18.9. The van der Waals surface area contributed by atoms with Crippen LogP contribution in [0.25, 0.3) is 5.69 Å². The lowest BCUT2D eigenvalue weighted by atomic mass is 10.1. The lowest BCUT2D eigenvalue weighted by Gasteiger charge is -2.15. The Hall–Kier alpha value is -2.90. The first-order chi connectivity index (χ1) is 12.8. The summed E-state index contributed by atoms with van der Waals surface area (Å²) in [4.78, 5) is 12.4. The van der Waals surface area contributed by atoms with Gasteiger partial charge in [-0.3, -0.25) is 4.79 Å². The van der Waals surface area contributed by atoms with E-state index in [2.05, 4.69) is 5.32 Å². The highest BCUT2D eigenvalue weighted by Gasteiger charge is 2.14. The molecule has 0 aliphatic heterocycles. The third-order valence-corrected chi connectivity index (χ3v) is 5.18. The highest BCUT2D eigenvalue weighted by Crippen LogP contribution is 2.17. The number of primary sulfonamides is 1. The van der Waals surface area contributed by atoms with Crippen LogP contribution in [0.2, 0.25) is 0 Å². The van der Waals surface area contributed by atoms with Crippen LogP contribution in [0.5, 0.6) is 0 Å². The summed E-state index contributed by atoms with van der Waals surface area (Å²) >= 11 is 0. The summed E-state index contributed by atoms with van der Waals surface area (Å²) in [7, 11) is -3.77. The van der Waals surface area contributed by atoms with Crippen molar-refractivity contribution in [2.75, 3.05) is 0 Å². The molecule has 140 valence electrons. The van der Waals surface area contributed by atoms with Crippen molar-refractivity contribution >= 4 is 15.9 Å². The topological polar surface area (TPSA) is 94.2 Å². The van der Waals surface area contributed by atoms with E-state index in [1.54, 1.807) is 19.1 Å². The summed E-state index contributed by atoms with van der Waals surface area (Å²) in [5.74, 6) is -0.141. The van der Waals surface area contributed by atoms with E-state index in [1.165, 1.54) is 12.1 Å². The Balaban J connectivity index is 1.64. The summed E-state index contributed by atoms with van der Waals surface area (Å²) in [5.41, 5.74) is 2.60. The van der Waals surface area contributed by atoms with E-state index in [4.69, 9.17) is 5.14 Å². The van der Waals surface area contributed by atoms with Crippen LogP contribution in [0.1, 0.15) is 24.1 Å². The third kappa shape index (κ3) is 4.84. The van der Waals surface area contributed by atoms with Gasteiger partial charge in [-0.05, 0) is 54.4 Å². The number of sulfonamides is 1. The molecule has 0 spiro atoms. The van der Waals surface area contributed by atoms with Crippen LogP contribution in [0.15, 0.2) is 78.0 Å². The molecule has 0 bridgehead atoms. The molecule has 0 aliphatic carbocycles. The van der Waals surface area contributed by atoms with Gasteiger partial charge < -0.3 is 9.88 Å². The number of aromatic nitrogens is 1. The van der Waals surface area contributed by atoms with Gasteiger partial charge in [-0.15, -0.1) is 0 Å². The SMILES string of the molecule is CC(NC(=O)Cc1ccc(-n2cccc2)cc1)c1cccc(S(N)(=O)=O)c1. The van der Waals surface area contributed by atoms with E-state index >= 15 is 0 Å². The quantitative estimate of drug-likeness (QED) is 0.685. The van der Waals surface area contributed by atoms with E-state index in [1.807, 2.05) is 53.4 Å². The maximum absolute atomic E-state index is 12.3. The average molecular weight is 383 g/mol. The predicted molar refractivity (Wildman–Crippen MR) is 104 cm³/mol. The van der Waals surface area contributed by atoms with E-state index in [-0.39, 0.29) is 23.3 Å². The average Bonchev–Trinajstić information content (AvgIpc) is 3.16. The van der Waals surface area contributed by atoms with Crippen molar-refractivity contribution < 1.29 is 13.2 Å². The summed E-state index contributed by atoms with van der Waals surface area (Å²) in [6, 6.07) is 17.6. The minimum Gasteiger partial charge on any atom is -0.349 e. The number of amides is 1. The molecule has 1 unspecified atom stereocenters. The van der Waals surface area contributed by atoms with Gasteiger partial charge in [-0.2, -0.15) is 0 Å². The van der Waals surface area contributed by atoms with Gasteiger partial charge in [-0.1, -0.05) is 24.3 Å². The molecule has 0 saturated heterocycles. The number of nitrogens with zero attached hydrogens (tertiary/aromatic N) is 1. The van der Waals surface area contributed by atoms with E-state index in [0.717, 1.165) is 11.3 Å². The standard InChI is InChI=1S/C20H21N3O3S/c1-15(17-5-4-6-19(14-17)27(21,25)26)22-20(24)13-16-7-9-18(10-8-16)23-11-2-3-12-23/h2-12,14-15H,13H2,1H3,(H,22,24)(H2,21,25,26). The Morgan fingerprint density at radius 2 is 1.74 bits per heavy atom. The molecular formula is C20H21N3O3S. The Bertz CT molecular complexity index is 1030. The van der Waals surface area contributed by atoms with Crippen LogP contribution in [0.3, 0.4) is 0 Å². The number of benzene rings is 2. The van der Waals surface area contributed by atoms with Crippen molar-refractivity contribution in [1.82, 2.24) is 9.88 Å². The number of carbonyl (C=O) groups is 1. The van der Waals surface area contributed by atoms with Crippen molar-refractivity contribution in [3.63, 3.8) is 0 Å². The van der Waals surface area contributed by atoms with Gasteiger partial charge >= 0.3 is 0 Å². The fraction of sp³-hybridized carbons (Fsp3) is 0.150. The maximum Gasteiger partial charge on any atom is 0.238 e. The Morgan fingerprint density at radius 3 is 2.37 bits per heavy atom. The number of carbonyl (C=O) groups excluding carboxylic acids is 1. The lowest BCUT2D eigenvalue weighted by Crippen LogP contribution is -2.28. The zero-order chi connectivity index (χ0) is 19.4. The molecule has 3 N–H and O–H groups in total. The van der Waals surface area contributed by atoms with E-state index < -0.39 is 10.0 Å². The van der Waals surface area contributed by atoms with Crippen LogP contribution in [-0.4, -0.2) is 18.9 Å². The molecule has 0 fully saturated rings. The summed E-state index contributed by atoms with van der Waals surface area (Å²) < 4.78 is 24.9. The second kappa shape index (κ2) is 7.77. The molecule has 3 rings (SSSR count). The van der Waals surface area contributed by atoms with Gasteiger partial charge in [0.1, 0.15) is 0 Å². The maximum atomic E-state index is 12.3. The second-order valence-corrected chi connectivity index (χ2v) is 7.90. The molecule has 27 heavy (non-hydrogen) atoms. The monoisotopic (exact) mass is 383 g/mol. The van der Waals surface area contributed by atoms with Crippen LogP contribution in [-0.2, 0) is 21.2 Å². The van der Waals surface area contributed by atoms with Crippen molar-refractivity contribution in [2.45, 2.75) is 24.3 Å². The molecular weight excluding hydrogens is 362 g/mol. The lowest BCUT2D eigenvalue weighted by molar-refractivity contribution is -0.121. The summed E-state index contributed by atoms with van der Waals surface area (Å²) in [6.45, 7) is 1.80. The van der Waals surface area contributed by atoms with Gasteiger partial charge in [0.25, 0.3) is 0 Å². The van der Waals surface area contributed by atoms with Gasteiger partial charge in [0, 0.05) is 18.1 Å². The predicted octanol–water partition coefficient (Wildman–Crippen LogP) is 2.54. The smallest absolute Gasteiger partial charge is 0.238 e. The van der Waals surface area contributed by atoms with E-state index in [9.17, 15) is 13.2 Å². The molecule has 7 heteroatoms. The largest absolute Gasteiger partial charge is 0.349 e. The van der Waals surface area contributed by atoms with Crippen LogP contribution < -0.4 is 10.5 Å². The zero-order valence-electron chi connectivity index (χ0n) is 14.9. The van der Waals surface area contributed by atoms with Crippen molar-refractivity contribution in [1.29, 1.82) is 0 Å². The normalized spacial score (nSPS) is 12.5. The Morgan fingerprint density at radius 1 is 1.07 bits per heavy atom. The third-order valence-electron chi connectivity index (χ3n) is 4.27. The van der Waals surface area contributed by atoms with Crippen LogP contribution in [0, 0.1) is 0 Å². The van der Waals surface area contributed by atoms with Crippen molar-refractivity contribution in [3.05, 3.63) is 84.2 Å². The Kier molecular flexibility index (Phi) is 5.43. The second-order valence-electron chi connectivity index (χ2n) is 6.34. The van der Waals surface area contributed by atoms with Gasteiger partial charge in [0.2, 0.25) is 15.9 Å². The first-order valence-corrected chi connectivity index (χ1v) is 10.0. The molecule has 6 nitrogen and oxygen atoms in total. The number of nitrogens with one attached hydrogen (secondary N) is 1. The van der Waals surface area contributed by atoms with Gasteiger partial charge in [0.05, 0.1) is 17.4 Å². The number of hydrogen-bond donors (Lipinski definition) is 2. The Labute approximate surface area is 158 Å². The minimum atomic E-state index is -3.77. The van der Waals surface area contributed by atoms with Gasteiger partial charge in [-0.25, -0.2) is 13.6 Å². The fourth-order valence-corrected chi connectivity index (χ4v) is 3.38. The number of rotatable bonds is 6. The molecule has 0 aliphatic rings. The zero-order valence-corrected chi connectivity index (χ0v) is 15.7. The van der Waals surface area contributed by atoms with Crippen molar-refractivity contribution in [3.8, 4) is 5.69 Å². The number of nitrogens with two attached hydrogens (primary N) is 1. The highest BCUT2D eigenvalue weighted by molar-refractivity contribution is 7.89. The van der Waals surface area contributed by atoms with Crippen molar-refractivity contribution in [2.24, 2.45) is 5.14 Å². The molecule has 1 aromatic heterocycles. The minimum absolute atomic E-state index is 0.0294. The van der Waals surface area contributed by atoms with Gasteiger partial charge in [0.15, 0.2) is 0 Å². The molecule has 1 heterocycles. The highest BCUT2D eigenvalue weighted by atomic mass is 32.2. The van der Waals surface area contributed by atoms with E-state index in [0.29, 0.717) is 5.56 Å². The molecule has 0 saturated carbocycles. The fourth-order valence-electron chi connectivity index (χ4n) is 2.81. The molecule has 1 amide bonds. The molecule has 0 radical (unpaired) electrons. The number of hydrogen-bond acceptors (Lipinski definition) is 3. The molecule has 1 atom stereocenters.